The van der Waals surface area contributed by atoms with Crippen LogP contribution in [-0.2, 0) is 21.7 Å². The molecule has 0 bridgehead atoms. The minimum atomic E-state index is 0. The molecule has 0 saturated carbocycles. The second-order valence-electron chi connectivity index (χ2n) is 3.41. The van der Waals surface area contributed by atoms with Gasteiger partial charge in [-0.25, -0.2) is 0 Å². The average Bonchev–Trinajstić information content (AvgIpc) is 2.29. The van der Waals surface area contributed by atoms with E-state index in [4.69, 9.17) is 0 Å². The van der Waals surface area contributed by atoms with E-state index in [0.717, 1.165) is 39.3 Å². The number of hydrogen-bond acceptors (Lipinski definition) is 1. The molecule has 0 radical (unpaired) electrons. The standard InChI is InChI=1S/C9H21N4.C2H6N.Ti/c1-10-4-7-13(8-5-11-2)9-6-12-3;1-3-2;/h4-9H2,1-3H3;1-2H3;/q-3;-1;+4. The molecule has 0 rings (SSSR count). The van der Waals surface area contributed by atoms with Gasteiger partial charge in [0.1, 0.15) is 0 Å². The SMILES string of the molecule is C[N-]C.C[N-]CCN(CC[N-]C)CC[N-]C.[Ti+4]. The van der Waals surface area contributed by atoms with Gasteiger partial charge in [-0.15, -0.1) is 19.6 Å². The maximum atomic E-state index is 4.09. The van der Waals surface area contributed by atoms with Crippen LogP contribution in [0.1, 0.15) is 0 Å². The molecule has 6 heteroatoms. The van der Waals surface area contributed by atoms with Crippen LogP contribution in [0.2, 0.25) is 0 Å². The van der Waals surface area contributed by atoms with Crippen molar-refractivity contribution in [3.63, 3.8) is 0 Å². The average molecular weight is 277 g/mol. The fraction of sp³-hybridized carbons (Fsp3) is 1.00. The predicted molar refractivity (Wildman–Crippen MR) is 74.1 cm³/mol. The molecule has 0 fully saturated rings. The Bertz CT molecular complexity index is 97.0. The van der Waals surface area contributed by atoms with Crippen molar-refractivity contribution in [2.24, 2.45) is 0 Å². The molecule has 0 aliphatic heterocycles. The fourth-order valence-electron chi connectivity index (χ4n) is 1.06. The Hall–Kier alpha value is 0.514. The van der Waals surface area contributed by atoms with Gasteiger partial charge in [0.15, 0.2) is 0 Å². The van der Waals surface area contributed by atoms with Crippen LogP contribution in [0.3, 0.4) is 0 Å². The van der Waals surface area contributed by atoms with Crippen molar-refractivity contribution in [2.45, 2.75) is 0 Å². The molecule has 0 aliphatic carbocycles. The van der Waals surface area contributed by atoms with Gasteiger partial charge in [0, 0.05) is 0 Å². The summed E-state index contributed by atoms with van der Waals surface area (Å²) in [4.78, 5) is 2.35. The third-order valence-electron chi connectivity index (χ3n) is 1.92. The van der Waals surface area contributed by atoms with E-state index in [0.29, 0.717) is 0 Å². The van der Waals surface area contributed by atoms with E-state index in [1.54, 1.807) is 14.1 Å². The second kappa shape index (κ2) is 21.8. The molecule has 0 aromatic rings. The molecule has 5 nitrogen and oxygen atoms in total. The van der Waals surface area contributed by atoms with Crippen LogP contribution in [0, 0.1) is 0 Å². The van der Waals surface area contributed by atoms with E-state index in [2.05, 4.69) is 26.2 Å². The Morgan fingerprint density at radius 2 is 0.882 bits per heavy atom. The molecule has 0 atom stereocenters. The molecule has 0 amide bonds. The molecular weight excluding hydrogens is 250 g/mol. The molecule has 0 heterocycles. The molecule has 0 aliphatic rings. The normalized spacial score (nSPS) is 9.53. The first kappa shape index (κ1) is 22.7. The monoisotopic (exact) mass is 277 g/mol. The summed E-state index contributed by atoms with van der Waals surface area (Å²) in [5.41, 5.74) is 0. The van der Waals surface area contributed by atoms with E-state index in [-0.39, 0.29) is 21.7 Å². The van der Waals surface area contributed by atoms with Gasteiger partial charge in [0.05, 0.1) is 0 Å². The maximum Gasteiger partial charge on any atom is 4.00 e. The first-order valence-corrected chi connectivity index (χ1v) is 5.63. The zero-order valence-corrected chi connectivity index (χ0v) is 13.5. The summed E-state index contributed by atoms with van der Waals surface area (Å²) in [6.45, 7) is 5.82. The fourth-order valence-corrected chi connectivity index (χ4v) is 1.06. The number of rotatable bonds is 9. The van der Waals surface area contributed by atoms with Gasteiger partial charge in [0.25, 0.3) is 0 Å². The Balaban J connectivity index is -0.000000440. The van der Waals surface area contributed by atoms with E-state index < -0.39 is 0 Å². The molecule has 0 spiro atoms. The first-order valence-electron chi connectivity index (χ1n) is 5.63. The van der Waals surface area contributed by atoms with Crippen molar-refractivity contribution < 1.29 is 21.7 Å². The van der Waals surface area contributed by atoms with Crippen LogP contribution in [0.15, 0.2) is 0 Å². The molecule has 100 valence electrons. The third-order valence-corrected chi connectivity index (χ3v) is 1.92. The Labute approximate surface area is 122 Å². The van der Waals surface area contributed by atoms with Gasteiger partial charge < -0.3 is 26.2 Å². The Morgan fingerprint density at radius 1 is 0.647 bits per heavy atom. The number of hydrogen-bond donors (Lipinski definition) is 0. The number of nitrogens with zero attached hydrogens (tertiary/aromatic N) is 5. The summed E-state index contributed by atoms with van der Waals surface area (Å²) in [6.07, 6.45) is 0. The van der Waals surface area contributed by atoms with Crippen LogP contribution in [0.4, 0.5) is 0 Å². The summed E-state index contributed by atoms with van der Waals surface area (Å²) in [5.74, 6) is 0. The second-order valence-corrected chi connectivity index (χ2v) is 3.41. The summed E-state index contributed by atoms with van der Waals surface area (Å²) in [7, 11) is 9.06. The largest absolute Gasteiger partial charge is 4.00 e. The van der Waals surface area contributed by atoms with Gasteiger partial charge >= 0.3 is 21.7 Å². The van der Waals surface area contributed by atoms with E-state index in [1.165, 1.54) is 0 Å². The van der Waals surface area contributed by atoms with Crippen molar-refractivity contribution in [2.75, 3.05) is 74.5 Å². The van der Waals surface area contributed by atoms with Gasteiger partial charge in [0.2, 0.25) is 0 Å². The molecule has 17 heavy (non-hydrogen) atoms. The van der Waals surface area contributed by atoms with Crippen LogP contribution in [-0.4, -0.2) is 79.4 Å². The van der Waals surface area contributed by atoms with Gasteiger partial charge in [-0.05, 0) is 19.6 Å². The molecule has 0 saturated heterocycles. The van der Waals surface area contributed by atoms with E-state index >= 15 is 0 Å². The van der Waals surface area contributed by atoms with Crippen LogP contribution >= 0.6 is 0 Å². The van der Waals surface area contributed by atoms with Gasteiger partial charge in [-0.3, -0.25) is 0 Å². The third kappa shape index (κ3) is 22.2. The zero-order chi connectivity index (χ0) is 12.6. The predicted octanol–water partition coefficient (Wildman–Crippen LogP) is 1.92. The van der Waals surface area contributed by atoms with Crippen molar-refractivity contribution in [3.05, 3.63) is 21.3 Å². The summed E-state index contributed by atoms with van der Waals surface area (Å²) in [6, 6.07) is 0. The summed E-state index contributed by atoms with van der Waals surface area (Å²) < 4.78 is 0. The quantitative estimate of drug-likeness (QED) is 0.594. The van der Waals surface area contributed by atoms with Crippen molar-refractivity contribution in [1.82, 2.24) is 4.90 Å². The van der Waals surface area contributed by atoms with Gasteiger partial charge in [-0.1, -0.05) is 0 Å². The van der Waals surface area contributed by atoms with Crippen molar-refractivity contribution in [3.8, 4) is 0 Å². The molecule has 0 N–H and O–H groups in total. The Morgan fingerprint density at radius 3 is 1.06 bits per heavy atom. The maximum absolute atomic E-state index is 4.09. The smallest absolute Gasteiger partial charge is 0.668 e. The van der Waals surface area contributed by atoms with Crippen LogP contribution < -0.4 is 0 Å². The summed E-state index contributed by atoms with van der Waals surface area (Å²) in [5, 5.41) is 15.8. The van der Waals surface area contributed by atoms with E-state index in [9.17, 15) is 0 Å². The van der Waals surface area contributed by atoms with Crippen molar-refractivity contribution in [1.29, 1.82) is 0 Å². The molecule has 0 unspecified atom stereocenters. The summed E-state index contributed by atoms with van der Waals surface area (Å²) >= 11 is 0. The molecule has 0 aromatic heterocycles. The van der Waals surface area contributed by atoms with Crippen LogP contribution in [0.5, 0.6) is 0 Å². The minimum Gasteiger partial charge on any atom is -0.668 e. The Kier molecular flexibility index (Phi) is 29.0. The van der Waals surface area contributed by atoms with Crippen LogP contribution in [0.25, 0.3) is 21.3 Å². The topological polar surface area (TPSA) is 59.6 Å². The first-order chi connectivity index (χ1) is 7.76. The van der Waals surface area contributed by atoms with E-state index in [1.807, 2.05) is 21.1 Å². The molecular formula is C11H27N5Ti. The van der Waals surface area contributed by atoms with Crippen molar-refractivity contribution >= 4 is 0 Å². The minimum absolute atomic E-state index is 0. The number of likely N-dealkylation sites (N-methyl/N-ethyl adjacent to an activating group) is 3. The zero-order valence-electron chi connectivity index (χ0n) is 12.0. The van der Waals surface area contributed by atoms with Gasteiger partial charge in [-0.2, -0.15) is 35.2 Å². The molecule has 0 aromatic carbocycles.